The molecule has 130 valence electrons. The van der Waals surface area contributed by atoms with Crippen LogP contribution in [0.4, 0.5) is 4.79 Å². The molecule has 1 aliphatic rings. The van der Waals surface area contributed by atoms with E-state index in [1.165, 1.54) is 0 Å². The maximum Gasteiger partial charge on any atom is 0.407 e. The Kier molecular flexibility index (Phi) is 5.74. The first kappa shape index (κ1) is 19.5. The van der Waals surface area contributed by atoms with Crippen LogP contribution in [0, 0.1) is 0 Å². The number of hydrogen-bond donors (Lipinski definition) is 2. The molecule has 1 rings (SSSR count). The van der Waals surface area contributed by atoms with Crippen LogP contribution in [-0.2, 0) is 9.16 Å². The normalized spacial score (nSPS) is 26.9. The quantitative estimate of drug-likeness (QED) is 0.778. The average Bonchev–Trinajstić information content (AvgIpc) is 2.52. The zero-order valence-corrected chi connectivity index (χ0v) is 16.3. The summed E-state index contributed by atoms with van der Waals surface area (Å²) < 4.78 is 11.7. The predicted octanol–water partition coefficient (Wildman–Crippen LogP) is 3.42. The third-order valence-corrected chi connectivity index (χ3v) is 8.94. The van der Waals surface area contributed by atoms with Gasteiger partial charge in [-0.1, -0.05) is 20.8 Å². The van der Waals surface area contributed by atoms with Crippen molar-refractivity contribution < 1.29 is 19.1 Å². The summed E-state index contributed by atoms with van der Waals surface area (Å²) in [6, 6.07) is -0.195. The van der Waals surface area contributed by atoms with Crippen LogP contribution >= 0.6 is 0 Å². The molecule has 0 aliphatic heterocycles. The van der Waals surface area contributed by atoms with Gasteiger partial charge in [-0.15, -0.1) is 0 Å². The standard InChI is InChI=1S/C16H33NO4Si/c1-15(2,3)20-14(19)17-12-9-11(18)10-13(12)21-22(7,8)16(4,5)6/h11-13,18H,9-10H2,1-8H3,(H,17,19)/t11?,12-,13-/m1/s1. The summed E-state index contributed by atoms with van der Waals surface area (Å²) >= 11 is 0. The zero-order valence-electron chi connectivity index (χ0n) is 15.3. The second kappa shape index (κ2) is 6.49. The summed E-state index contributed by atoms with van der Waals surface area (Å²) in [6.45, 7) is 16.4. The van der Waals surface area contributed by atoms with E-state index in [-0.39, 0.29) is 17.2 Å². The zero-order chi connectivity index (χ0) is 17.3. The van der Waals surface area contributed by atoms with Gasteiger partial charge in [-0.2, -0.15) is 0 Å². The van der Waals surface area contributed by atoms with Gasteiger partial charge < -0.3 is 19.6 Å². The first-order valence-corrected chi connectivity index (χ1v) is 11.0. The number of carbonyl (C=O) groups is 1. The number of rotatable bonds is 3. The third kappa shape index (κ3) is 5.55. The van der Waals surface area contributed by atoms with Crippen LogP contribution in [0.5, 0.6) is 0 Å². The number of aliphatic hydroxyl groups excluding tert-OH is 1. The van der Waals surface area contributed by atoms with Crippen LogP contribution in [-0.4, -0.2) is 43.4 Å². The second-order valence-electron chi connectivity index (χ2n) is 8.79. The van der Waals surface area contributed by atoms with Crippen molar-refractivity contribution in [3.8, 4) is 0 Å². The topological polar surface area (TPSA) is 67.8 Å². The maximum absolute atomic E-state index is 12.0. The van der Waals surface area contributed by atoms with E-state index < -0.39 is 26.1 Å². The van der Waals surface area contributed by atoms with Crippen molar-refractivity contribution in [1.82, 2.24) is 5.32 Å². The lowest BCUT2D eigenvalue weighted by atomic mass is 10.2. The minimum Gasteiger partial charge on any atom is -0.444 e. The van der Waals surface area contributed by atoms with Gasteiger partial charge in [-0.25, -0.2) is 4.79 Å². The van der Waals surface area contributed by atoms with Gasteiger partial charge in [0.2, 0.25) is 0 Å². The molecule has 5 nitrogen and oxygen atoms in total. The Hall–Kier alpha value is -0.593. The maximum atomic E-state index is 12.0. The fraction of sp³-hybridized carbons (Fsp3) is 0.938. The predicted molar refractivity (Wildman–Crippen MR) is 90.5 cm³/mol. The molecule has 0 radical (unpaired) electrons. The Balaban J connectivity index is 2.72. The van der Waals surface area contributed by atoms with E-state index in [0.29, 0.717) is 12.8 Å². The Labute approximate surface area is 135 Å². The molecule has 6 heteroatoms. The van der Waals surface area contributed by atoms with Crippen molar-refractivity contribution >= 4 is 14.4 Å². The summed E-state index contributed by atoms with van der Waals surface area (Å²) in [5.41, 5.74) is -0.531. The molecule has 0 bridgehead atoms. The molecule has 1 amide bonds. The van der Waals surface area contributed by atoms with Crippen LogP contribution in [0.3, 0.4) is 0 Å². The van der Waals surface area contributed by atoms with Gasteiger partial charge in [0.25, 0.3) is 0 Å². The molecule has 1 fully saturated rings. The first-order valence-electron chi connectivity index (χ1n) is 8.07. The van der Waals surface area contributed by atoms with Crippen molar-refractivity contribution in [3.63, 3.8) is 0 Å². The Morgan fingerprint density at radius 3 is 2.14 bits per heavy atom. The van der Waals surface area contributed by atoms with E-state index in [2.05, 4.69) is 39.2 Å². The molecule has 0 heterocycles. The van der Waals surface area contributed by atoms with Crippen LogP contribution in [0.15, 0.2) is 0 Å². The second-order valence-corrected chi connectivity index (χ2v) is 13.6. The van der Waals surface area contributed by atoms with E-state index in [4.69, 9.17) is 9.16 Å². The van der Waals surface area contributed by atoms with Crippen LogP contribution < -0.4 is 5.32 Å². The van der Waals surface area contributed by atoms with E-state index in [1.807, 2.05) is 20.8 Å². The van der Waals surface area contributed by atoms with E-state index in [9.17, 15) is 9.90 Å². The highest BCUT2D eigenvalue weighted by atomic mass is 28.4. The summed E-state index contributed by atoms with van der Waals surface area (Å²) in [5, 5.41) is 12.9. The lowest BCUT2D eigenvalue weighted by Gasteiger charge is -2.39. The Morgan fingerprint density at radius 2 is 1.68 bits per heavy atom. The third-order valence-electron chi connectivity index (χ3n) is 4.43. The fourth-order valence-electron chi connectivity index (χ4n) is 2.27. The molecule has 0 saturated heterocycles. The number of alkyl carbamates (subject to hydrolysis) is 1. The first-order chi connectivity index (χ1) is 9.71. The minimum atomic E-state index is -1.94. The molecule has 22 heavy (non-hydrogen) atoms. The SMILES string of the molecule is CC(C)(C)OC(=O)N[C@@H]1CC(O)C[C@H]1O[Si](C)(C)C(C)(C)C. The summed E-state index contributed by atoms with van der Waals surface area (Å²) in [6.07, 6.45) is 0.0412. The summed E-state index contributed by atoms with van der Waals surface area (Å²) in [4.78, 5) is 12.0. The van der Waals surface area contributed by atoms with Crippen molar-refractivity contribution in [3.05, 3.63) is 0 Å². The highest BCUT2D eigenvalue weighted by molar-refractivity contribution is 6.74. The highest BCUT2D eigenvalue weighted by Gasteiger charge is 2.44. The molecule has 1 aliphatic carbocycles. The molecule has 2 N–H and O–H groups in total. The van der Waals surface area contributed by atoms with Crippen LogP contribution in [0.25, 0.3) is 0 Å². The lowest BCUT2D eigenvalue weighted by molar-refractivity contribution is 0.0457. The van der Waals surface area contributed by atoms with Crippen molar-refractivity contribution in [2.75, 3.05) is 0 Å². The van der Waals surface area contributed by atoms with Gasteiger partial charge in [-0.05, 0) is 45.3 Å². The molecule has 0 aromatic heterocycles. The largest absolute Gasteiger partial charge is 0.444 e. The van der Waals surface area contributed by atoms with E-state index >= 15 is 0 Å². The van der Waals surface area contributed by atoms with Crippen LogP contribution in [0.2, 0.25) is 18.1 Å². The number of carbonyl (C=O) groups excluding carboxylic acids is 1. The molecule has 3 atom stereocenters. The van der Waals surface area contributed by atoms with Crippen molar-refractivity contribution in [2.45, 2.75) is 96.4 Å². The number of aliphatic hydroxyl groups is 1. The van der Waals surface area contributed by atoms with Gasteiger partial charge in [0.05, 0.1) is 18.2 Å². The monoisotopic (exact) mass is 331 g/mol. The Bertz CT molecular complexity index is 398. The van der Waals surface area contributed by atoms with Gasteiger partial charge in [0, 0.05) is 6.42 Å². The summed E-state index contributed by atoms with van der Waals surface area (Å²) in [5.74, 6) is 0. The number of hydrogen-bond acceptors (Lipinski definition) is 4. The Morgan fingerprint density at radius 1 is 1.14 bits per heavy atom. The van der Waals surface area contributed by atoms with Gasteiger partial charge in [-0.3, -0.25) is 0 Å². The molecular weight excluding hydrogens is 298 g/mol. The summed E-state index contributed by atoms with van der Waals surface area (Å²) in [7, 11) is -1.94. The van der Waals surface area contributed by atoms with E-state index in [0.717, 1.165) is 0 Å². The average molecular weight is 332 g/mol. The molecule has 0 aromatic rings. The molecule has 1 unspecified atom stereocenters. The van der Waals surface area contributed by atoms with Crippen molar-refractivity contribution in [2.24, 2.45) is 0 Å². The van der Waals surface area contributed by atoms with Crippen molar-refractivity contribution in [1.29, 1.82) is 0 Å². The molecule has 0 spiro atoms. The molecule has 1 saturated carbocycles. The smallest absolute Gasteiger partial charge is 0.407 e. The minimum absolute atomic E-state index is 0.0943. The lowest BCUT2D eigenvalue weighted by Crippen LogP contribution is -2.50. The van der Waals surface area contributed by atoms with Gasteiger partial charge >= 0.3 is 6.09 Å². The molecular formula is C16H33NO4Si. The van der Waals surface area contributed by atoms with Gasteiger partial charge in [0.1, 0.15) is 5.60 Å². The number of ether oxygens (including phenoxy) is 1. The highest BCUT2D eigenvalue weighted by Crippen LogP contribution is 2.39. The fourth-order valence-corrected chi connectivity index (χ4v) is 3.64. The number of nitrogens with one attached hydrogen (secondary N) is 1. The molecule has 0 aromatic carbocycles. The van der Waals surface area contributed by atoms with Gasteiger partial charge in [0.15, 0.2) is 8.32 Å². The van der Waals surface area contributed by atoms with Crippen LogP contribution in [0.1, 0.15) is 54.4 Å². The van der Waals surface area contributed by atoms with E-state index in [1.54, 1.807) is 0 Å². The number of amides is 1.